The first-order valence-corrected chi connectivity index (χ1v) is 9.52. The average Bonchev–Trinajstić information content (AvgIpc) is 3.28. The van der Waals surface area contributed by atoms with E-state index in [9.17, 15) is 9.59 Å². The molecule has 1 aromatic carbocycles. The molecule has 2 amide bonds. The van der Waals surface area contributed by atoms with Crippen LogP contribution < -0.4 is 10.2 Å². The maximum Gasteiger partial charge on any atom is 0.289 e. The summed E-state index contributed by atoms with van der Waals surface area (Å²) in [5.41, 5.74) is 2.35. The first kappa shape index (κ1) is 18.7. The van der Waals surface area contributed by atoms with E-state index in [1.54, 1.807) is 29.3 Å². The minimum atomic E-state index is -0.191. The van der Waals surface area contributed by atoms with E-state index in [-0.39, 0.29) is 11.8 Å². The van der Waals surface area contributed by atoms with Crippen LogP contribution in [0.5, 0.6) is 0 Å². The molecule has 7 nitrogen and oxygen atoms in total. The highest BCUT2D eigenvalue weighted by molar-refractivity contribution is 6.04. The van der Waals surface area contributed by atoms with Crippen molar-refractivity contribution in [2.75, 3.05) is 36.4 Å². The molecule has 148 valence electrons. The van der Waals surface area contributed by atoms with E-state index >= 15 is 0 Å². The summed E-state index contributed by atoms with van der Waals surface area (Å²) in [6, 6.07) is 14.7. The monoisotopic (exact) mass is 390 g/mol. The maximum atomic E-state index is 12.4. The molecule has 3 aromatic rings. The third kappa shape index (κ3) is 4.29. The number of hydrogen-bond donors (Lipinski definition) is 1. The molecule has 0 unspecified atom stereocenters. The van der Waals surface area contributed by atoms with Crippen molar-refractivity contribution in [1.82, 2.24) is 9.88 Å². The Morgan fingerprint density at radius 1 is 1.03 bits per heavy atom. The molecule has 0 atom stereocenters. The Labute approximate surface area is 169 Å². The molecule has 2 aromatic heterocycles. The van der Waals surface area contributed by atoms with Crippen molar-refractivity contribution in [3.8, 4) is 0 Å². The van der Waals surface area contributed by atoms with Crippen LogP contribution >= 0.6 is 0 Å². The van der Waals surface area contributed by atoms with Crippen LogP contribution in [0.25, 0.3) is 0 Å². The number of aryl methyl sites for hydroxylation is 1. The van der Waals surface area contributed by atoms with Gasteiger partial charge in [0.05, 0.1) is 11.8 Å². The lowest BCUT2D eigenvalue weighted by Gasteiger charge is -2.35. The van der Waals surface area contributed by atoms with Crippen LogP contribution in [-0.4, -0.2) is 47.9 Å². The number of anilines is 2. The second kappa shape index (κ2) is 8.18. The van der Waals surface area contributed by atoms with E-state index in [1.807, 2.05) is 37.3 Å². The fraction of sp³-hybridized carbons (Fsp3) is 0.227. The number of piperazine rings is 1. The highest BCUT2D eigenvalue weighted by atomic mass is 16.3. The minimum Gasteiger partial charge on any atom is -0.459 e. The third-order valence-corrected chi connectivity index (χ3v) is 4.91. The summed E-state index contributed by atoms with van der Waals surface area (Å²) in [7, 11) is 0. The zero-order valence-corrected chi connectivity index (χ0v) is 16.2. The number of pyridine rings is 1. The van der Waals surface area contributed by atoms with E-state index in [4.69, 9.17) is 4.42 Å². The fourth-order valence-electron chi connectivity index (χ4n) is 3.33. The predicted molar refractivity (Wildman–Crippen MR) is 110 cm³/mol. The molecule has 7 heteroatoms. The van der Waals surface area contributed by atoms with Gasteiger partial charge < -0.3 is 19.5 Å². The predicted octanol–water partition coefficient (Wildman–Crippen LogP) is 3.20. The number of amides is 2. The topological polar surface area (TPSA) is 78.7 Å². The van der Waals surface area contributed by atoms with Gasteiger partial charge in [-0.3, -0.25) is 9.59 Å². The molecule has 0 aliphatic carbocycles. The van der Waals surface area contributed by atoms with E-state index in [0.717, 1.165) is 17.1 Å². The number of nitrogens with zero attached hydrogens (tertiary/aromatic N) is 3. The second-order valence-corrected chi connectivity index (χ2v) is 6.99. The number of benzene rings is 1. The Hall–Kier alpha value is -3.61. The average molecular weight is 390 g/mol. The van der Waals surface area contributed by atoms with Gasteiger partial charge in [-0.15, -0.1) is 0 Å². The molecule has 1 N–H and O–H groups in total. The van der Waals surface area contributed by atoms with E-state index in [2.05, 4.69) is 15.2 Å². The van der Waals surface area contributed by atoms with Crippen LogP contribution in [-0.2, 0) is 0 Å². The Morgan fingerprint density at radius 3 is 2.52 bits per heavy atom. The van der Waals surface area contributed by atoms with Crippen LogP contribution in [0.15, 0.2) is 65.4 Å². The van der Waals surface area contributed by atoms with Crippen molar-refractivity contribution in [3.05, 3.63) is 77.9 Å². The highest BCUT2D eigenvalue weighted by Gasteiger charge is 2.24. The molecule has 0 bridgehead atoms. The van der Waals surface area contributed by atoms with Gasteiger partial charge in [-0.2, -0.15) is 0 Å². The lowest BCUT2D eigenvalue weighted by Crippen LogP contribution is -2.49. The molecule has 1 aliphatic heterocycles. The number of rotatable bonds is 4. The first-order valence-electron chi connectivity index (χ1n) is 9.52. The van der Waals surface area contributed by atoms with Crippen molar-refractivity contribution in [1.29, 1.82) is 0 Å². The quantitative estimate of drug-likeness (QED) is 0.740. The summed E-state index contributed by atoms with van der Waals surface area (Å²) in [4.78, 5) is 33.1. The summed E-state index contributed by atoms with van der Waals surface area (Å²) < 4.78 is 5.19. The van der Waals surface area contributed by atoms with Gasteiger partial charge in [0.1, 0.15) is 5.82 Å². The number of nitrogens with one attached hydrogen (secondary N) is 1. The number of carbonyl (C=O) groups excluding carboxylic acids is 2. The molecule has 1 aliphatic rings. The normalized spacial score (nSPS) is 14.0. The van der Waals surface area contributed by atoms with E-state index in [0.29, 0.717) is 37.5 Å². The SMILES string of the molecule is Cc1cccc(NC(=O)c2ccc(N3CCN(C(=O)c4ccco4)CC3)nc2)c1. The second-order valence-electron chi connectivity index (χ2n) is 6.99. The summed E-state index contributed by atoms with van der Waals surface area (Å²) in [5, 5.41) is 2.88. The number of hydrogen-bond acceptors (Lipinski definition) is 5. The maximum absolute atomic E-state index is 12.4. The summed E-state index contributed by atoms with van der Waals surface area (Å²) in [6.07, 6.45) is 3.09. The van der Waals surface area contributed by atoms with Gasteiger partial charge >= 0.3 is 0 Å². The molecule has 0 radical (unpaired) electrons. The number of aromatic nitrogens is 1. The van der Waals surface area contributed by atoms with E-state index in [1.165, 1.54) is 6.26 Å². The van der Waals surface area contributed by atoms with Gasteiger partial charge in [-0.05, 0) is 48.9 Å². The largest absolute Gasteiger partial charge is 0.459 e. The summed E-state index contributed by atoms with van der Waals surface area (Å²) in [5.74, 6) is 0.872. The summed E-state index contributed by atoms with van der Waals surface area (Å²) >= 11 is 0. The fourth-order valence-corrected chi connectivity index (χ4v) is 3.33. The zero-order valence-electron chi connectivity index (χ0n) is 16.2. The Kier molecular flexibility index (Phi) is 5.29. The highest BCUT2D eigenvalue weighted by Crippen LogP contribution is 2.17. The standard InChI is InChI=1S/C22H22N4O3/c1-16-4-2-5-18(14-16)24-21(27)17-7-8-20(23-15-17)25-9-11-26(12-10-25)22(28)19-6-3-13-29-19/h2-8,13-15H,9-12H2,1H3,(H,24,27). The van der Waals surface area contributed by atoms with Crippen molar-refractivity contribution in [2.45, 2.75) is 6.92 Å². The molecule has 4 rings (SSSR count). The first-order chi connectivity index (χ1) is 14.1. The zero-order chi connectivity index (χ0) is 20.2. The van der Waals surface area contributed by atoms with Gasteiger partial charge in [-0.25, -0.2) is 4.98 Å². The minimum absolute atomic E-state index is 0.0919. The molecule has 29 heavy (non-hydrogen) atoms. The van der Waals surface area contributed by atoms with E-state index < -0.39 is 0 Å². The summed E-state index contributed by atoms with van der Waals surface area (Å²) in [6.45, 7) is 4.52. The lowest BCUT2D eigenvalue weighted by atomic mass is 10.2. The van der Waals surface area contributed by atoms with Crippen LogP contribution in [0, 0.1) is 6.92 Å². The molecule has 3 heterocycles. The van der Waals surface area contributed by atoms with Gasteiger partial charge in [0, 0.05) is 38.1 Å². The molecule has 0 saturated carbocycles. The Morgan fingerprint density at radius 2 is 1.86 bits per heavy atom. The Bertz CT molecular complexity index is 991. The smallest absolute Gasteiger partial charge is 0.289 e. The van der Waals surface area contributed by atoms with Gasteiger partial charge in [0.15, 0.2) is 5.76 Å². The van der Waals surface area contributed by atoms with Crippen LogP contribution in [0.4, 0.5) is 11.5 Å². The third-order valence-electron chi connectivity index (χ3n) is 4.91. The van der Waals surface area contributed by atoms with Crippen LogP contribution in [0.3, 0.4) is 0 Å². The molecular formula is C22H22N4O3. The number of furan rings is 1. The lowest BCUT2D eigenvalue weighted by molar-refractivity contribution is 0.0714. The molecule has 1 fully saturated rings. The number of carbonyl (C=O) groups is 2. The van der Waals surface area contributed by atoms with Crippen molar-refractivity contribution < 1.29 is 14.0 Å². The van der Waals surface area contributed by atoms with Crippen LogP contribution in [0.1, 0.15) is 26.5 Å². The van der Waals surface area contributed by atoms with Gasteiger partial charge in [-0.1, -0.05) is 12.1 Å². The van der Waals surface area contributed by atoms with Crippen LogP contribution in [0.2, 0.25) is 0 Å². The van der Waals surface area contributed by atoms with Crippen molar-refractivity contribution in [2.24, 2.45) is 0 Å². The van der Waals surface area contributed by atoms with Crippen molar-refractivity contribution in [3.63, 3.8) is 0 Å². The van der Waals surface area contributed by atoms with Gasteiger partial charge in [0.25, 0.3) is 11.8 Å². The van der Waals surface area contributed by atoms with Gasteiger partial charge in [0.2, 0.25) is 0 Å². The molecule has 0 spiro atoms. The van der Waals surface area contributed by atoms with Crippen molar-refractivity contribution >= 4 is 23.3 Å². The molecule has 1 saturated heterocycles. The molecular weight excluding hydrogens is 368 g/mol. The Balaban J connectivity index is 1.35.